The number of hydrogen-bond donors (Lipinski definition) is 2. The molecule has 2 unspecified atom stereocenters. The highest BCUT2D eigenvalue weighted by atomic mass is 35.5. The fourth-order valence-electron chi connectivity index (χ4n) is 7.99. The first-order valence-electron chi connectivity index (χ1n) is 16.0. The molecule has 262 valence electrons. The number of likely N-dealkylation sites (tertiary alicyclic amines) is 1. The Hall–Kier alpha value is -3.97. The maximum atomic E-state index is 17.2. The van der Waals surface area contributed by atoms with E-state index in [1.165, 1.54) is 17.2 Å². The topological polar surface area (TPSA) is 119 Å². The number of anilines is 1. The minimum absolute atomic E-state index is 0.0142. The third-order valence-corrected chi connectivity index (χ3v) is 11.8. The second-order valence-electron chi connectivity index (χ2n) is 13.0. The lowest BCUT2D eigenvalue weighted by atomic mass is 9.95. The average Bonchev–Trinajstić information content (AvgIpc) is 3.84. The highest BCUT2D eigenvalue weighted by molar-refractivity contribution is 7.23. The van der Waals surface area contributed by atoms with E-state index >= 15 is 4.39 Å². The number of rotatable bonds is 6. The highest BCUT2D eigenvalue weighted by Gasteiger charge is 2.50. The van der Waals surface area contributed by atoms with Gasteiger partial charge in [0, 0.05) is 37.0 Å². The van der Waals surface area contributed by atoms with E-state index in [0.29, 0.717) is 25.2 Å². The van der Waals surface area contributed by atoms with Crippen LogP contribution in [0.15, 0.2) is 29.3 Å². The summed E-state index contributed by atoms with van der Waals surface area (Å²) < 4.78 is 73.3. The number of nitriles is 1. The number of hydrogen-bond acceptors (Lipinski definition) is 10. The molecular weight excluding hydrogens is 721 g/mol. The Balaban J connectivity index is 1.30. The highest BCUT2D eigenvalue weighted by Crippen LogP contribution is 2.45. The van der Waals surface area contributed by atoms with Crippen molar-refractivity contribution in [1.82, 2.24) is 20.0 Å². The van der Waals surface area contributed by atoms with Crippen LogP contribution >= 0.6 is 34.5 Å². The zero-order valence-corrected chi connectivity index (χ0v) is 28.6. The molecule has 17 heteroatoms. The molecule has 3 N–H and O–H groups in total. The van der Waals surface area contributed by atoms with Gasteiger partial charge in [-0.15, -0.1) is 11.3 Å². The maximum absolute atomic E-state index is 17.2. The van der Waals surface area contributed by atoms with E-state index in [0.717, 1.165) is 30.4 Å². The number of amides is 1. The van der Waals surface area contributed by atoms with Gasteiger partial charge in [0.1, 0.15) is 42.2 Å². The fraction of sp³-hybridized carbons (Fsp3) is 0.424. The molecule has 50 heavy (non-hydrogen) atoms. The molecule has 10 nitrogen and oxygen atoms in total. The van der Waals surface area contributed by atoms with Gasteiger partial charge in [0.05, 0.1) is 43.6 Å². The van der Waals surface area contributed by atoms with Crippen molar-refractivity contribution >= 4 is 61.4 Å². The molecule has 0 spiro atoms. The molecule has 1 amide bonds. The molecule has 3 fully saturated rings. The molecule has 0 radical (unpaired) electrons. The Morgan fingerprint density at radius 2 is 2.14 bits per heavy atom. The number of thiophene rings is 1. The number of nitrogens with one attached hydrogen (secondary N) is 1. The number of carbonyl (C=O) groups is 1. The Morgan fingerprint density at radius 3 is 2.92 bits per heavy atom. The van der Waals surface area contributed by atoms with E-state index in [1.807, 2.05) is 6.07 Å². The zero-order chi connectivity index (χ0) is 35.1. The number of nitrogens with two attached hydrogens (primary N) is 1. The second-order valence-corrected chi connectivity index (χ2v) is 14.8. The number of halogens is 6. The van der Waals surface area contributed by atoms with Crippen LogP contribution in [-0.4, -0.2) is 83.4 Å². The van der Waals surface area contributed by atoms with Gasteiger partial charge in [0.15, 0.2) is 11.6 Å². The third kappa shape index (κ3) is 5.13. The summed E-state index contributed by atoms with van der Waals surface area (Å²) in [5.41, 5.74) is 3.23. The predicted octanol–water partition coefficient (Wildman–Crippen LogP) is 4.42. The van der Waals surface area contributed by atoms with Crippen LogP contribution in [0.1, 0.15) is 31.2 Å². The molecule has 8 rings (SSSR count). The van der Waals surface area contributed by atoms with Gasteiger partial charge in [0.2, 0.25) is 0 Å². The molecule has 5 aliphatic heterocycles. The molecule has 6 heterocycles. The second kappa shape index (κ2) is 12.4. The van der Waals surface area contributed by atoms with Crippen molar-refractivity contribution in [1.29, 1.82) is 5.26 Å². The van der Waals surface area contributed by atoms with Crippen LogP contribution in [0.25, 0.3) is 27.0 Å². The standard InChI is InChI=1S/C33H29Cl2F4N7O3S/c34-24-22(17-2-3-19(37)28-21(17)18(9-40)30(41)50-28)25(38)27-23-26(24)42-14-43-31(23)46(16-4-7-44(11-16)32(47)29(35)39)12-20(49-27)48-13-33-5-1-6-45(33)10-15(36)8-33/h2-3,12,15-16,29,43H,1,4-8,10-11,13-14,41H2/t15-,16?,29?,33+/m1/s1. The first-order chi connectivity index (χ1) is 24.0. The first-order valence-corrected chi connectivity index (χ1v) is 17.7. The molecular formula is C33H29Cl2F4N7O3S. The summed E-state index contributed by atoms with van der Waals surface area (Å²) in [6, 6.07) is 4.02. The largest absolute Gasteiger partial charge is 0.462 e. The molecule has 3 aromatic rings. The fourth-order valence-corrected chi connectivity index (χ4v) is 9.41. The van der Waals surface area contributed by atoms with Crippen LogP contribution in [0.4, 0.5) is 22.6 Å². The van der Waals surface area contributed by atoms with Gasteiger partial charge in [-0.05, 0) is 37.4 Å². The summed E-state index contributed by atoms with van der Waals surface area (Å²) >= 11 is 13.3. The van der Waals surface area contributed by atoms with Crippen molar-refractivity contribution in [3.8, 4) is 22.9 Å². The Morgan fingerprint density at radius 1 is 1.32 bits per heavy atom. The number of alkyl halides is 3. The van der Waals surface area contributed by atoms with E-state index in [1.54, 1.807) is 4.90 Å². The smallest absolute Gasteiger partial charge is 0.302 e. The Labute approximate surface area is 296 Å². The van der Waals surface area contributed by atoms with Crippen molar-refractivity contribution in [2.75, 3.05) is 45.2 Å². The summed E-state index contributed by atoms with van der Waals surface area (Å²) in [6.07, 6.45) is 2.80. The number of carbonyl (C=O) groups excluding carboxylic acids is 1. The van der Waals surface area contributed by atoms with Crippen LogP contribution < -0.4 is 26.4 Å². The summed E-state index contributed by atoms with van der Waals surface area (Å²) in [4.78, 5) is 22.2. The number of ether oxygens (including phenoxy) is 2. The van der Waals surface area contributed by atoms with Gasteiger partial charge in [-0.1, -0.05) is 29.3 Å². The lowest BCUT2D eigenvalue weighted by Crippen LogP contribution is -2.47. The van der Waals surface area contributed by atoms with E-state index < -0.39 is 40.9 Å². The summed E-state index contributed by atoms with van der Waals surface area (Å²) in [7, 11) is 0. The molecule has 2 aromatic carbocycles. The lowest BCUT2D eigenvalue weighted by Gasteiger charge is -2.32. The van der Waals surface area contributed by atoms with Crippen LogP contribution in [0.5, 0.6) is 5.75 Å². The van der Waals surface area contributed by atoms with Crippen LogP contribution in [-0.2, 0) is 9.53 Å². The predicted molar refractivity (Wildman–Crippen MR) is 179 cm³/mol. The minimum Gasteiger partial charge on any atom is -0.462 e. The Kier molecular flexibility index (Phi) is 8.21. The molecule has 0 bridgehead atoms. The van der Waals surface area contributed by atoms with Gasteiger partial charge >= 0.3 is 5.95 Å². The van der Waals surface area contributed by atoms with Crippen LogP contribution in [0, 0.1) is 23.0 Å². The molecule has 0 aliphatic carbocycles. The molecule has 3 saturated heterocycles. The summed E-state index contributed by atoms with van der Waals surface area (Å²) in [6.45, 7) is 1.41. The Bertz CT molecular complexity index is 2160. The number of nitrogens with zero attached hydrogens (tertiary/aromatic N) is 5. The quantitative estimate of drug-likeness (QED) is 0.281. The normalized spacial score (nSPS) is 24.9. The molecule has 4 atom stereocenters. The number of fused-ring (bicyclic) bond motifs is 2. The zero-order valence-electron chi connectivity index (χ0n) is 26.2. The third-order valence-electron chi connectivity index (χ3n) is 10.2. The van der Waals surface area contributed by atoms with Crippen LogP contribution in [0.3, 0.4) is 0 Å². The van der Waals surface area contributed by atoms with Gasteiger partial charge < -0.3 is 30.3 Å². The van der Waals surface area contributed by atoms with Crippen molar-refractivity contribution in [3.05, 3.63) is 57.1 Å². The van der Waals surface area contributed by atoms with Gasteiger partial charge in [-0.2, -0.15) is 5.26 Å². The van der Waals surface area contributed by atoms with Gasteiger partial charge in [0.25, 0.3) is 11.5 Å². The number of nitrogen functional groups attached to an aromatic ring is 1. The molecule has 0 saturated carbocycles. The SMILES string of the molecule is N#Cc1c(N)sc2c(F)ccc(-c3c(F)c4c5c(c3Cl)=NCNC=5N(C3CCN(C(=O)C(F)Cl)C3)C=C(OC[C@@]35CCCN3C[C@H](F)C5)O4)c12. The molecule has 5 aliphatic rings. The van der Waals surface area contributed by atoms with Crippen molar-refractivity contribution in [2.45, 2.75) is 49.1 Å². The number of benzene rings is 2. The first kappa shape index (κ1) is 33.2. The molecule has 1 aromatic heterocycles. The lowest BCUT2D eigenvalue weighted by molar-refractivity contribution is -0.132. The summed E-state index contributed by atoms with van der Waals surface area (Å²) in [5, 5.41) is 13.5. The van der Waals surface area contributed by atoms with E-state index in [9.17, 15) is 23.2 Å². The van der Waals surface area contributed by atoms with Crippen molar-refractivity contribution in [3.63, 3.8) is 0 Å². The van der Waals surface area contributed by atoms with Crippen molar-refractivity contribution < 1.29 is 31.8 Å². The van der Waals surface area contributed by atoms with E-state index in [4.69, 9.17) is 38.4 Å². The average molecular weight is 751 g/mol. The van der Waals surface area contributed by atoms with E-state index in [-0.39, 0.29) is 91.9 Å². The summed E-state index contributed by atoms with van der Waals surface area (Å²) in [5.74, 6) is -2.49. The minimum atomic E-state index is -2.20. The van der Waals surface area contributed by atoms with Gasteiger partial charge in [-0.25, -0.2) is 17.6 Å². The van der Waals surface area contributed by atoms with E-state index in [2.05, 4.69) is 15.2 Å². The monoisotopic (exact) mass is 749 g/mol. The van der Waals surface area contributed by atoms with Gasteiger partial charge in [-0.3, -0.25) is 14.7 Å². The van der Waals surface area contributed by atoms with Crippen molar-refractivity contribution in [2.24, 2.45) is 4.99 Å². The van der Waals surface area contributed by atoms with Crippen LogP contribution in [0.2, 0.25) is 5.02 Å². The maximum Gasteiger partial charge on any atom is 0.302 e.